The molecule has 1 unspecified atom stereocenters. The number of nitrogens with one attached hydrogen (secondary N) is 2. The zero-order valence-electron chi connectivity index (χ0n) is 14.9. The highest BCUT2D eigenvalue weighted by molar-refractivity contribution is 5.86. The first kappa shape index (κ1) is 19.2. The molecule has 25 heavy (non-hydrogen) atoms. The van der Waals surface area contributed by atoms with Crippen LogP contribution >= 0.6 is 0 Å². The van der Waals surface area contributed by atoms with Gasteiger partial charge in [0.25, 0.3) is 5.91 Å². The van der Waals surface area contributed by atoms with Crippen LogP contribution < -0.4 is 10.8 Å². The quantitative estimate of drug-likeness (QED) is 0.682. The van der Waals surface area contributed by atoms with Gasteiger partial charge in [-0.2, -0.15) is 0 Å². The maximum Gasteiger partial charge on any atom is 0.408 e. The van der Waals surface area contributed by atoms with Gasteiger partial charge in [-0.25, -0.2) is 10.3 Å². The summed E-state index contributed by atoms with van der Waals surface area (Å²) in [4.78, 5) is 29.6. The summed E-state index contributed by atoms with van der Waals surface area (Å²) in [5.74, 6) is -0.607. The molecule has 0 aromatic heterocycles. The van der Waals surface area contributed by atoms with Crippen LogP contribution in [0.4, 0.5) is 4.79 Å². The summed E-state index contributed by atoms with van der Waals surface area (Å²) in [5, 5.41) is 13.0. The lowest BCUT2D eigenvalue weighted by Gasteiger charge is -2.42. The Morgan fingerprint density at radius 2 is 1.88 bits per heavy atom. The summed E-state index contributed by atoms with van der Waals surface area (Å²) < 4.78 is 5.17. The van der Waals surface area contributed by atoms with Crippen molar-refractivity contribution in [3.8, 4) is 0 Å². The second kappa shape index (κ2) is 7.84. The third-order valence-electron chi connectivity index (χ3n) is 3.93. The van der Waals surface area contributed by atoms with E-state index < -0.39 is 29.2 Å². The molecule has 7 heteroatoms. The molecule has 1 aromatic carbocycles. The van der Waals surface area contributed by atoms with Crippen molar-refractivity contribution in [3.63, 3.8) is 0 Å². The minimum Gasteiger partial charge on any atom is -0.444 e. The minimum absolute atomic E-state index is 0.185. The zero-order chi connectivity index (χ0) is 18.5. The Hall–Kier alpha value is -2.12. The summed E-state index contributed by atoms with van der Waals surface area (Å²) in [6.07, 6.45) is 0.899. The molecule has 0 heterocycles. The van der Waals surface area contributed by atoms with Gasteiger partial charge in [0, 0.05) is 0 Å². The maximum atomic E-state index is 12.4. The molecular formula is C18H26N2O5. The van der Waals surface area contributed by atoms with Crippen LogP contribution in [0, 0.1) is 0 Å². The molecule has 0 radical (unpaired) electrons. The third kappa shape index (κ3) is 5.72. The highest BCUT2D eigenvalue weighted by Crippen LogP contribution is 2.35. The van der Waals surface area contributed by atoms with E-state index in [2.05, 4.69) is 10.8 Å². The number of carbonyl (C=O) groups excluding carboxylic acids is 2. The lowest BCUT2D eigenvalue weighted by molar-refractivity contribution is -0.149. The molecule has 1 atom stereocenters. The van der Waals surface area contributed by atoms with Crippen molar-refractivity contribution >= 4 is 12.0 Å². The third-order valence-corrected chi connectivity index (χ3v) is 3.93. The molecule has 1 saturated carbocycles. The standard InChI is InChI=1S/C18H26N2O5/c1-17(2,3)25-16(22)19-14(18(23)10-7-11-18)15(21)20-24-12-13-8-5-4-6-9-13/h4-6,8-9,14,23H,7,10-12H2,1-3H3,(H,19,22)(H,20,21). The molecule has 1 aliphatic carbocycles. The van der Waals surface area contributed by atoms with Crippen molar-refractivity contribution in [2.24, 2.45) is 0 Å². The first-order valence-corrected chi connectivity index (χ1v) is 8.37. The molecule has 2 amide bonds. The van der Waals surface area contributed by atoms with Gasteiger partial charge in [-0.15, -0.1) is 0 Å². The molecule has 138 valence electrons. The van der Waals surface area contributed by atoms with Crippen LogP contribution in [0.15, 0.2) is 30.3 Å². The number of ether oxygens (including phenoxy) is 1. The molecule has 0 saturated heterocycles. The largest absolute Gasteiger partial charge is 0.444 e. The van der Waals surface area contributed by atoms with Gasteiger partial charge in [-0.05, 0) is 45.6 Å². The van der Waals surface area contributed by atoms with Gasteiger partial charge in [0.1, 0.15) is 11.6 Å². The van der Waals surface area contributed by atoms with Crippen molar-refractivity contribution in [2.45, 2.75) is 63.9 Å². The predicted octanol–water partition coefficient (Wildman–Crippen LogP) is 2.04. The van der Waals surface area contributed by atoms with Gasteiger partial charge in [0.2, 0.25) is 0 Å². The van der Waals surface area contributed by atoms with E-state index in [-0.39, 0.29) is 6.61 Å². The first-order chi connectivity index (χ1) is 11.7. The molecule has 3 N–H and O–H groups in total. The summed E-state index contributed by atoms with van der Waals surface area (Å²) in [6.45, 7) is 5.36. The van der Waals surface area contributed by atoms with Crippen molar-refractivity contribution < 1.29 is 24.3 Å². The molecule has 1 aliphatic rings. The second-order valence-corrected chi connectivity index (χ2v) is 7.28. The SMILES string of the molecule is CC(C)(C)OC(=O)NC(C(=O)NOCc1ccccc1)C1(O)CCC1. The Bertz CT molecular complexity index is 593. The number of hydrogen-bond acceptors (Lipinski definition) is 5. The number of alkyl carbamates (subject to hydrolysis) is 1. The number of aliphatic hydroxyl groups is 1. The summed E-state index contributed by atoms with van der Waals surface area (Å²) in [7, 11) is 0. The number of carbonyl (C=O) groups is 2. The molecule has 0 spiro atoms. The maximum absolute atomic E-state index is 12.4. The lowest BCUT2D eigenvalue weighted by Crippen LogP contribution is -2.63. The normalized spacial score (nSPS) is 17.1. The highest BCUT2D eigenvalue weighted by atomic mass is 16.7. The number of benzene rings is 1. The number of hydroxylamine groups is 1. The number of hydrogen-bond donors (Lipinski definition) is 3. The average Bonchev–Trinajstić information content (AvgIpc) is 2.49. The topological polar surface area (TPSA) is 96.9 Å². The Balaban J connectivity index is 1.93. The zero-order valence-corrected chi connectivity index (χ0v) is 14.9. The van der Waals surface area contributed by atoms with Crippen LogP contribution in [0.3, 0.4) is 0 Å². The molecule has 0 bridgehead atoms. The van der Waals surface area contributed by atoms with E-state index in [0.29, 0.717) is 12.8 Å². The van der Waals surface area contributed by atoms with Crippen LogP contribution in [0.25, 0.3) is 0 Å². The van der Waals surface area contributed by atoms with Crippen molar-refractivity contribution in [2.75, 3.05) is 0 Å². The smallest absolute Gasteiger partial charge is 0.408 e. The number of amides is 2. The Labute approximate surface area is 147 Å². The minimum atomic E-state index is -1.28. The van der Waals surface area contributed by atoms with E-state index in [0.717, 1.165) is 12.0 Å². The van der Waals surface area contributed by atoms with Crippen LogP contribution in [-0.4, -0.2) is 34.4 Å². The fraction of sp³-hybridized carbons (Fsp3) is 0.556. The van der Waals surface area contributed by atoms with Crippen molar-refractivity contribution in [1.29, 1.82) is 0 Å². The van der Waals surface area contributed by atoms with Crippen LogP contribution in [0.1, 0.15) is 45.6 Å². The lowest BCUT2D eigenvalue weighted by atomic mass is 9.74. The van der Waals surface area contributed by atoms with Gasteiger partial charge < -0.3 is 15.2 Å². The van der Waals surface area contributed by atoms with E-state index in [1.807, 2.05) is 30.3 Å². The van der Waals surface area contributed by atoms with E-state index in [9.17, 15) is 14.7 Å². The van der Waals surface area contributed by atoms with E-state index >= 15 is 0 Å². The second-order valence-electron chi connectivity index (χ2n) is 7.28. The van der Waals surface area contributed by atoms with E-state index in [1.165, 1.54) is 0 Å². The fourth-order valence-corrected chi connectivity index (χ4v) is 2.52. The van der Waals surface area contributed by atoms with Crippen LogP contribution in [-0.2, 0) is 21.0 Å². The average molecular weight is 350 g/mol. The number of rotatable bonds is 6. The Kier molecular flexibility index (Phi) is 6.02. The van der Waals surface area contributed by atoms with Crippen molar-refractivity contribution in [3.05, 3.63) is 35.9 Å². The van der Waals surface area contributed by atoms with E-state index in [1.54, 1.807) is 20.8 Å². The monoisotopic (exact) mass is 350 g/mol. The predicted molar refractivity (Wildman–Crippen MR) is 91.3 cm³/mol. The van der Waals surface area contributed by atoms with E-state index in [4.69, 9.17) is 9.57 Å². The Morgan fingerprint density at radius 3 is 2.40 bits per heavy atom. The van der Waals surface area contributed by atoms with Crippen molar-refractivity contribution in [1.82, 2.24) is 10.8 Å². The van der Waals surface area contributed by atoms with Crippen LogP contribution in [0.2, 0.25) is 0 Å². The van der Waals surface area contributed by atoms with Gasteiger partial charge in [-0.1, -0.05) is 30.3 Å². The fourth-order valence-electron chi connectivity index (χ4n) is 2.52. The molecule has 0 aliphatic heterocycles. The van der Waals surface area contributed by atoms with Gasteiger partial charge in [-0.3, -0.25) is 9.63 Å². The summed E-state index contributed by atoms with van der Waals surface area (Å²) in [5.41, 5.74) is 1.22. The molecule has 7 nitrogen and oxygen atoms in total. The highest BCUT2D eigenvalue weighted by Gasteiger charge is 2.47. The van der Waals surface area contributed by atoms with Gasteiger partial charge in [0.15, 0.2) is 0 Å². The van der Waals surface area contributed by atoms with Gasteiger partial charge in [0.05, 0.1) is 12.2 Å². The van der Waals surface area contributed by atoms with Crippen LogP contribution in [0.5, 0.6) is 0 Å². The summed E-state index contributed by atoms with van der Waals surface area (Å²) in [6, 6.07) is 8.21. The van der Waals surface area contributed by atoms with Gasteiger partial charge >= 0.3 is 6.09 Å². The first-order valence-electron chi connectivity index (χ1n) is 8.37. The Morgan fingerprint density at radius 1 is 1.24 bits per heavy atom. The molecular weight excluding hydrogens is 324 g/mol. The summed E-state index contributed by atoms with van der Waals surface area (Å²) >= 11 is 0. The molecule has 1 fully saturated rings. The molecule has 1 aromatic rings. The molecule has 2 rings (SSSR count).